The summed E-state index contributed by atoms with van der Waals surface area (Å²) >= 11 is 1.86. The van der Waals surface area contributed by atoms with Crippen LogP contribution in [0.15, 0.2) is 4.99 Å². The Morgan fingerprint density at radius 3 is 2.62 bits per heavy atom. The third-order valence-corrected chi connectivity index (χ3v) is 3.96. The molecule has 1 unspecified atom stereocenters. The summed E-state index contributed by atoms with van der Waals surface area (Å²) in [6.07, 6.45) is 2.76. The van der Waals surface area contributed by atoms with Gasteiger partial charge in [-0.1, -0.05) is 11.8 Å². The Hall–Kier alpha value is -0.180. The van der Waals surface area contributed by atoms with E-state index < -0.39 is 0 Å². The summed E-state index contributed by atoms with van der Waals surface area (Å²) in [7, 11) is 0. The molecule has 1 atom stereocenters. The van der Waals surface area contributed by atoms with E-state index in [9.17, 15) is 0 Å². The molecule has 2 aliphatic rings. The van der Waals surface area contributed by atoms with Crippen molar-refractivity contribution in [2.75, 3.05) is 5.75 Å². The Morgan fingerprint density at radius 2 is 2.15 bits per heavy atom. The topological polar surface area (TPSA) is 24.4 Å². The average molecular weight is 198 g/mol. The monoisotopic (exact) mass is 198 g/mol. The number of aliphatic imine (C=N–C) groups is 1. The lowest BCUT2D eigenvalue weighted by atomic mass is 9.99. The molecule has 0 amide bonds. The number of hydrogen-bond donors (Lipinski definition) is 1. The van der Waals surface area contributed by atoms with Crippen LogP contribution in [0.2, 0.25) is 0 Å². The number of nitrogens with one attached hydrogen (secondary N) is 1. The molecular weight excluding hydrogens is 180 g/mol. The van der Waals surface area contributed by atoms with Gasteiger partial charge in [0.15, 0.2) is 5.17 Å². The van der Waals surface area contributed by atoms with E-state index in [0.717, 1.165) is 16.8 Å². The molecule has 1 aliphatic carbocycles. The zero-order chi connectivity index (χ0) is 9.47. The van der Waals surface area contributed by atoms with Gasteiger partial charge in [0.05, 0.1) is 6.04 Å². The standard InChI is InChI=1S/C10H18N2S/c1-7-6-13-9(11-7)12-10(2,3)8-4-5-8/h7-8H,4-6H2,1-3H3,(H,11,12). The molecule has 0 saturated heterocycles. The van der Waals surface area contributed by atoms with Crippen LogP contribution in [0.5, 0.6) is 0 Å². The molecule has 2 nitrogen and oxygen atoms in total. The minimum Gasteiger partial charge on any atom is -0.360 e. The fraction of sp³-hybridized carbons (Fsp3) is 0.900. The van der Waals surface area contributed by atoms with Gasteiger partial charge in [0.25, 0.3) is 0 Å². The van der Waals surface area contributed by atoms with E-state index in [-0.39, 0.29) is 5.54 Å². The van der Waals surface area contributed by atoms with E-state index in [1.54, 1.807) is 0 Å². The van der Waals surface area contributed by atoms with Crippen molar-refractivity contribution in [1.82, 2.24) is 5.32 Å². The molecule has 0 bridgehead atoms. The number of amidine groups is 1. The van der Waals surface area contributed by atoms with Gasteiger partial charge in [0, 0.05) is 11.3 Å². The van der Waals surface area contributed by atoms with E-state index in [2.05, 4.69) is 31.1 Å². The second-order valence-corrected chi connectivity index (χ2v) is 5.72. The quantitative estimate of drug-likeness (QED) is 0.736. The summed E-state index contributed by atoms with van der Waals surface area (Å²) in [5, 5.41) is 4.72. The van der Waals surface area contributed by atoms with E-state index in [0.29, 0.717) is 6.04 Å². The molecule has 0 radical (unpaired) electrons. The summed E-state index contributed by atoms with van der Waals surface area (Å²) in [5.41, 5.74) is 0.260. The lowest BCUT2D eigenvalue weighted by Gasteiger charge is -2.26. The molecule has 0 spiro atoms. The van der Waals surface area contributed by atoms with Crippen molar-refractivity contribution >= 4 is 16.9 Å². The third-order valence-electron chi connectivity index (χ3n) is 2.83. The van der Waals surface area contributed by atoms with Crippen LogP contribution in [0.3, 0.4) is 0 Å². The molecule has 0 aromatic heterocycles. The Labute approximate surface area is 84.6 Å². The Kier molecular flexibility index (Phi) is 2.30. The van der Waals surface area contributed by atoms with E-state index in [1.807, 2.05) is 11.8 Å². The first-order valence-electron chi connectivity index (χ1n) is 5.07. The lowest BCUT2D eigenvalue weighted by molar-refractivity contribution is 0.404. The van der Waals surface area contributed by atoms with E-state index >= 15 is 0 Å². The number of rotatable bonds is 2. The highest BCUT2D eigenvalue weighted by atomic mass is 32.2. The summed E-state index contributed by atoms with van der Waals surface area (Å²) in [6, 6.07) is 0.502. The predicted molar refractivity (Wildman–Crippen MR) is 59.3 cm³/mol. The van der Waals surface area contributed by atoms with Crippen LogP contribution >= 0.6 is 11.8 Å². The first kappa shape index (κ1) is 9.38. The van der Waals surface area contributed by atoms with Crippen LogP contribution in [0, 0.1) is 5.92 Å². The van der Waals surface area contributed by atoms with Gasteiger partial charge in [-0.25, -0.2) is 0 Å². The maximum Gasteiger partial charge on any atom is 0.157 e. The van der Waals surface area contributed by atoms with Crippen molar-refractivity contribution < 1.29 is 0 Å². The maximum absolute atomic E-state index is 4.55. The van der Waals surface area contributed by atoms with Crippen LogP contribution in [-0.2, 0) is 0 Å². The van der Waals surface area contributed by atoms with Gasteiger partial charge in [-0.2, -0.15) is 0 Å². The largest absolute Gasteiger partial charge is 0.360 e. The van der Waals surface area contributed by atoms with Gasteiger partial charge in [0.2, 0.25) is 0 Å². The van der Waals surface area contributed by atoms with E-state index in [4.69, 9.17) is 0 Å². The Balaban J connectivity index is 1.93. The highest BCUT2D eigenvalue weighted by molar-refractivity contribution is 8.14. The molecule has 1 fully saturated rings. The zero-order valence-corrected chi connectivity index (χ0v) is 9.45. The molecule has 1 aliphatic heterocycles. The fourth-order valence-electron chi connectivity index (χ4n) is 1.73. The maximum atomic E-state index is 4.55. The molecule has 2 rings (SSSR count). The van der Waals surface area contributed by atoms with Gasteiger partial charge in [-0.3, -0.25) is 4.99 Å². The molecule has 1 heterocycles. The highest BCUT2D eigenvalue weighted by Crippen LogP contribution is 2.39. The van der Waals surface area contributed by atoms with Crippen molar-refractivity contribution in [1.29, 1.82) is 0 Å². The SMILES string of the molecule is CC1CSC(NC(C)(C)C2CC2)=N1. The first-order valence-corrected chi connectivity index (χ1v) is 6.05. The van der Waals surface area contributed by atoms with Crippen LogP contribution < -0.4 is 5.32 Å². The second-order valence-electron chi connectivity index (χ2n) is 4.72. The molecule has 0 aromatic rings. The van der Waals surface area contributed by atoms with Crippen molar-refractivity contribution in [3.8, 4) is 0 Å². The summed E-state index contributed by atoms with van der Waals surface area (Å²) in [6.45, 7) is 6.75. The minimum atomic E-state index is 0.260. The van der Waals surface area contributed by atoms with Crippen LogP contribution in [0.1, 0.15) is 33.6 Å². The second kappa shape index (κ2) is 3.19. The Bertz CT molecular complexity index is 231. The smallest absolute Gasteiger partial charge is 0.157 e. The average Bonchev–Trinajstić information content (AvgIpc) is 2.78. The zero-order valence-electron chi connectivity index (χ0n) is 8.63. The van der Waals surface area contributed by atoms with Gasteiger partial charge in [0.1, 0.15) is 0 Å². The summed E-state index contributed by atoms with van der Waals surface area (Å²) in [5.74, 6) is 2.01. The minimum absolute atomic E-state index is 0.260. The number of hydrogen-bond acceptors (Lipinski definition) is 3. The molecule has 74 valence electrons. The van der Waals surface area contributed by atoms with Crippen molar-refractivity contribution in [3.63, 3.8) is 0 Å². The number of thioether (sulfide) groups is 1. The number of nitrogens with zero attached hydrogens (tertiary/aromatic N) is 1. The normalized spacial score (nSPS) is 28.8. The van der Waals surface area contributed by atoms with Gasteiger partial charge in [-0.15, -0.1) is 0 Å². The van der Waals surface area contributed by atoms with Gasteiger partial charge in [-0.05, 0) is 39.5 Å². The van der Waals surface area contributed by atoms with Crippen LogP contribution in [0.4, 0.5) is 0 Å². The Morgan fingerprint density at radius 1 is 1.46 bits per heavy atom. The molecule has 1 saturated carbocycles. The molecule has 1 N–H and O–H groups in total. The highest BCUT2D eigenvalue weighted by Gasteiger charge is 2.38. The van der Waals surface area contributed by atoms with Gasteiger partial charge >= 0.3 is 0 Å². The third kappa shape index (κ3) is 2.19. The van der Waals surface area contributed by atoms with Crippen LogP contribution in [-0.4, -0.2) is 22.5 Å². The summed E-state index contributed by atoms with van der Waals surface area (Å²) < 4.78 is 0. The van der Waals surface area contributed by atoms with Gasteiger partial charge < -0.3 is 5.32 Å². The van der Waals surface area contributed by atoms with Crippen molar-refractivity contribution in [2.24, 2.45) is 10.9 Å². The predicted octanol–water partition coefficient (Wildman–Crippen LogP) is 2.26. The molecule has 0 aromatic carbocycles. The molecule has 13 heavy (non-hydrogen) atoms. The molecule has 3 heteroatoms. The van der Waals surface area contributed by atoms with E-state index in [1.165, 1.54) is 12.8 Å². The summed E-state index contributed by atoms with van der Waals surface area (Å²) in [4.78, 5) is 4.55. The fourth-order valence-corrected chi connectivity index (χ4v) is 2.79. The van der Waals surface area contributed by atoms with Crippen molar-refractivity contribution in [3.05, 3.63) is 0 Å². The first-order chi connectivity index (χ1) is 6.08. The molecular formula is C10H18N2S. The van der Waals surface area contributed by atoms with Crippen molar-refractivity contribution in [2.45, 2.75) is 45.2 Å². The van der Waals surface area contributed by atoms with Crippen LogP contribution in [0.25, 0.3) is 0 Å². The lowest BCUT2D eigenvalue weighted by Crippen LogP contribution is -2.43.